The van der Waals surface area contributed by atoms with E-state index in [-0.39, 0.29) is 22.2 Å². The summed E-state index contributed by atoms with van der Waals surface area (Å²) in [6.45, 7) is 0. The number of benzene rings is 2. The quantitative estimate of drug-likeness (QED) is 0.545. The maximum atomic E-state index is 13.4. The number of nitrogens with zero attached hydrogens (tertiary/aromatic N) is 2. The molecular formula is C24H24F3N3O2S. The van der Waals surface area contributed by atoms with E-state index in [9.17, 15) is 21.6 Å². The molecule has 1 N–H and O–H groups in total. The van der Waals surface area contributed by atoms with Crippen molar-refractivity contribution in [3.63, 3.8) is 0 Å². The molecule has 3 aliphatic carbocycles. The Balaban J connectivity index is 1.39. The van der Waals surface area contributed by atoms with Crippen molar-refractivity contribution in [2.45, 2.75) is 60.4 Å². The predicted molar refractivity (Wildman–Crippen MR) is 117 cm³/mol. The van der Waals surface area contributed by atoms with Crippen molar-refractivity contribution in [1.29, 1.82) is 0 Å². The third-order valence-corrected chi connectivity index (χ3v) is 8.73. The molecule has 1 heterocycles. The van der Waals surface area contributed by atoms with Crippen LogP contribution >= 0.6 is 0 Å². The van der Waals surface area contributed by atoms with Gasteiger partial charge >= 0.3 is 6.18 Å². The van der Waals surface area contributed by atoms with Gasteiger partial charge in [-0.25, -0.2) is 13.4 Å². The van der Waals surface area contributed by atoms with Crippen LogP contribution in [-0.4, -0.2) is 29.9 Å². The molecule has 0 spiro atoms. The van der Waals surface area contributed by atoms with Crippen molar-refractivity contribution >= 4 is 9.84 Å². The van der Waals surface area contributed by atoms with Gasteiger partial charge in [-0.1, -0.05) is 30.3 Å². The standard InChI is InChI=1S/C24H24F3N3O2S/c1-33(31,32)17-8-6-16(7-9-17)22-10-13-23(14-11-22,15-12-22)21-28-20(29-30-21)18-4-2-3-5-19(18)24(25,26)27/h2-9H,10-15H2,1H3,(H,28,29,30). The highest BCUT2D eigenvalue weighted by Gasteiger charge is 2.51. The van der Waals surface area contributed by atoms with Gasteiger partial charge in [-0.2, -0.15) is 18.3 Å². The molecule has 0 radical (unpaired) electrons. The number of sulfone groups is 1. The molecule has 5 nitrogen and oxygen atoms in total. The molecule has 9 heteroatoms. The summed E-state index contributed by atoms with van der Waals surface area (Å²) < 4.78 is 63.9. The number of halogens is 3. The predicted octanol–water partition coefficient (Wildman–Crippen LogP) is 5.44. The van der Waals surface area contributed by atoms with E-state index in [2.05, 4.69) is 15.2 Å². The van der Waals surface area contributed by atoms with E-state index in [0.717, 1.165) is 50.2 Å². The Morgan fingerprint density at radius 2 is 1.45 bits per heavy atom. The molecule has 6 rings (SSSR count). The van der Waals surface area contributed by atoms with Crippen LogP contribution in [0.2, 0.25) is 0 Å². The Bertz CT molecular complexity index is 1270. The fourth-order valence-electron chi connectivity index (χ4n) is 5.57. The van der Waals surface area contributed by atoms with E-state index in [1.807, 2.05) is 12.1 Å². The number of fused-ring (bicyclic) bond motifs is 3. The van der Waals surface area contributed by atoms with Crippen LogP contribution in [0.15, 0.2) is 53.4 Å². The summed E-state index contributed by atoms with van der Waals surface area (Å²) in [6.07, 6.45) is 2.05. The lowest BCUT2D eigenvalue weighted by Crippen LogP contribution is -2.47. The van der Waals surface area contributed by atoms with Crippen LogP contribution in [-0.2, 0) is 26.8 Å². The molecular weight excluding hydrogens is 451 g/mol. The topological polar surface area (TPSA) is 75.7 Å². The smallest absolute Gasteiger partial charge is 0.262 e. The first-order valence-corrected chi connectivity index (χ1v) is 12.8. The van der Waals surface area contributed by atoms with Crippen molar-refractivity contribution in [3.05, 3.63) is 65.5 Å². The number of alkyl halides is 3. The normalized spacial score (nSPS) is 25.3. The van der Waals surface area contributed by atoms with Gasteiger partial charge in [-0.15, -0.1) is 0 Å². The molecule has 33 heavy (non-hydrogen) atoms. The largest absolute Gasteiger partial charge is 0.417 e. The number of aromatic nitrogens is 3. The molecule has 3 aliphatic rings. The summed E-state index contributed by atoms with van der Waals surface area (Å²) in [6, 6.07) is 12.6. The van der Waals surface area contributed by atoms with Gasteiger partial charge < -0.3 is 0 Å². The molecule has 2 aromatic carbocycles. The first-order valence-electron chi connectivity index (χ1n) is 10.9. The van der Waals surface area contributed by atoms with Crippen molar-refractivity contribution < 1.29 is 21.6 Å². The summed E-state index contributed by atoms with van der Waals surface area (Å²) in [4.78, 5) is 4.86. The summed E-state index contributed by atoms with van der Waals surface area (Å²) in [5.74, 6) is 0.737. The molecule has 0 saturated heterocycles. The fourth-order valence-corrected chi connectivity index (χ4v) is 6.20. The number of hydrogen-bond acceptors (Lipinski definition) is 4. The molecule has 0 unspecified atom stereocenters. The van der Waals surface area contributed by atoms with Crippen molar-refractivity contribution in [2.24, 2.45) is 0 Å². The van der Waals surface area contributed by atoms with Gasteiger partial charge in [0.1, 0.15) is 5.82 Å². The highest BCUT2D eigenvalue weighted by molar-refractivity contribution is 7.90. The fraction of sp³-hybridized carbons (Fsp3) is 0.417. The van der Waals surface area contributed by atoms with Gasteiger partial charge in [-0.05, 0) is 67.7 Å². The Morgan fingerprint density at radius 3 is 2.03 bits per heavy atom. The van der Waals surface area contributed by atoms with Gasteiger partial charge in [0.2, 0.25) is 0 Å². The maximum absolute atomic E-state index is 13.4. The van der Waals surface area contributed by atoms with Crippen LogP contribution in [0.1, 0.15) is 55.5 Å². The van der Waals surface area contributed by atoms with E-state index >= 15 is 0 Å². The molecule has 174 valence electrons. The summed E-state index contributed by atoms with van der Waals surface area (Å²) in [5, 5.41) is 7.11. The number of aromatic amines is 1. The zero-order chi connectivity index (χ0) is 23.5. The molecule has 3 saturated carbocycles. The second kappa shape index (κ2) is 7.41. The lowest BCUT2D eigenvalue weighted by Gasteiger charge is -2.52. The van der Waals surface area contributed by atoms with Crippen LogP contribution in [0.4, 0.5) is 13.2 Å². The molecule has 2 bridgehead atoms. The van der Waals surface area contributed by atoms with Crippen molar-refractivity contribution in [2.75, 3.05) is 6.26 Å². The van der Waals surface area contributed by atoms with Crippen LogP contribution in [0.3, 0.4) is 0 Å². The Kier molecular flexibility index (Phi) is 4.97. The van der Waals surface area contributed by atoms with Gasteiger partial charge in [0.25, 0.3) is 0 Å². The monoisotopic (exact) mass is 475 g/mol. The van der Waals surface area contributed by atoms with Gasteiger partial charge in [0, 0.05) is 17.2 Å². The molecule has 3 aromatic rings. The molecule has 0 aliphatic heterocycles. The number of H-pyrrole nitrogens is 1. The molecule has 1 aromatic heterocycles. The van der Waals surface area contributed by atoms with Crippen molar-refractivity contribution in [1.82, 2.24) is 15.2 Å². The van der Waals surface area contributed by atoms with E-state index in [1.165, 1.54) is 18.4 Å². The lowest BCUT2D eigenvalue weighted by atomic mass is 9.51. The van der Waals surface area contributed by atoms with Crippen LogP contribution < -0.4 is 0 Å². The third kappa shape index (κ3) is 3.76. The van der Waals surface area contributed by atoms with Gasteiger partial charge in [0.05, 0.1) is 10.5 Å². The van der Waals surface area contributed by atoms with Gasteiger partial charge in [0.15, 0.2) is 15.7 Å². The van der Waals surface area contributed by atoms with E-state index in [1.54, 1.807) is 18.2 Å². The Labute approximate surface area is 190 Å². The van der Waals surface area contributed by atoms with Crippen LogP contribution in [0.5, 0.6) is 0 Å². The summed E-state index contributed by atoms with van der Waals surface area (Å²) in [7, 11) is -3.24. The second-order valence-corrected chi connectivity index (χ2v) is 11.4. The highest BCUT2D eigenvalue weighted by atomic mass is 32.2. The Hall–Kier alpha value is -2.68. The summed E-state index contributed by atoms with van der Waals surface area (Å²) >= 11 is 0. The van der Waals surface area contributed by atoms with Gasteiger partial charge in [-0.3, -0.25) is 5.10 Å². The average Bonchev–Trinajstić information content (AvgIpc) is 3.30. The zero-order valence-electron chi connectivity index (χ0n) is 18.1. The minimum absolute atomic E-state index is 0.00349. The first-order chi connectivity index (χ1) is 15.5. The van der Waals surface area contributed by atoms with Crippen molar-refractivity contribution in [3.8, 4) is 11.4 Å². The Morgan fingerprint density at radius 1 is 0.879 bits per heavy atom. The highest BCUT2D eigenvalue weighted by Crippen LogP contribution is 2.58. The second-order valence-electron chi connectivity index (χ2n) is 9.41. The van der Waals surface area contributed by atoms with E-state index in [0.29, 0.717) is 10.7 Å². The molecule has 0 atom stereocenters. The maximum Gasteiger partial charge on any atom is 0.417 e. The SMILES string of the molecule is CS(=O)(=O)c1ccc(C23CCC(c4nc(-c5ccccc5C(F)(F)F)n[nH]4)(CC2)CC3)cc1. The van der Waals surface area contributed by atoms with E-state index < -0.39 is 21.6 Å². The number of nitrogens with one attached hydrogen (secondary N) is 1. The van der Waals surface area contributed by atoms with Crippen LogP contribution in [0, 0.1) is 0 Å². The zero-order valence-corrected chi connectivity index (χ0v) is 18.9. The average molecular weight is 476 g/mol. The molecule has 3 fully saturated rings. The van der Waals surface area contributed by atoms with E-state index in [4.69, 9.17) is 0 Å². The lowest BCUT2D eigenvalue weighted by molar-refractivity contribution is -0.137. The summed E-state index contributed by atoms with van der Waals surface area (Å²) in [5.41, 5.74) is 0.185. The van der Waals surface area contributed by atoms with Crippen LogP contribution in [0.25, 0.3) is 11.4 Å². The minimum Gasteiger partial charge on any atom is -0.262 e. The number of rotatable bonds is 4. The minimum atomic E-state index is -4.47. The third-order valence-electron chi connectivity index (χ3n) is 7.60. The molecule has 0 amide bonds. The number of hydrogen-bond donors (Lipinski definition) is 1. The first kappa shape index (κ1) is 22.1.